The molecule has 266 valence electrons. The molecule has 0 aromatic carbocycles. The summed E-state index contributed by atoms with van der Waals surface area (Å²) in [4.78, 5) is 23.3. The van der Waals surface area contributed by atoms with Crippen LogP contribution in [0.15, 0.2) is 12.2 Å². The van der Waals surface area contributed by atoms with Crippen LogP contribution in [0.2, 0.25) is 0 Å². The van der Waals surface area contributed by atoms with Crippen LogP contribution in [0.1, 0.15) is 232 Å². The van der Waals surface area contributed by atoms with Crippen molar-refractivity contribution in [3.05, 3.63) is 12.2 Å². The Morgan fingerprint density at radius 1 is 0.467 bits per heavy atom. The van der Waals surface area contributed by atoms with Crippen molar-refractivity contribution in [2.24, 2.45) is 0 Å². The summed E-state index contributed by atoms with van der Waals surface area (Å²) in [6.07, 6.45) is 45.2. The van der Waals surface area contributed by atoms with Gasteiger partial charge in [-0.05, 0) is 64.2 Å². The maximum Gasteiger partial charge on any atom is 0.306 e. The Kier molecular flexibility index (Phi) is 36.1. The molecule has 45 heavy (non-hydrogen) atoms. The molecule has 1 N–H and O–H groups in total. The predicted octanol–water partition coefficient (Wildman–Crippen LogP) is 13.8. The van der Waals surface area contributed by atoms with Crippen LogP contribution in [0.3, 0.4) is 0 Å². The van der Waals surface area contributed by atoms with E-state index in [0.717, 1.165) is 51.4 Å². The van der Waals surface area contributed by atoms with Gasteiger partial charge in [0.15, 0.2) is 0 Å². The first-order chi connectivity index (χ1) is 22.1. The minimum atomic E-state index is -0.676. The van der Waals surface area contributed by atoms with Crippen molar-refractivity contribution < 1.29 is 19.4 Å². The van der Waals surface area contributed by atoms with Gasteiger partial charge in [-0.25, -0.2) is 0 Å². The zero-order chi connectivity index (χ0) is 32.9. The molecule has 0 fully saturated rings. The summed E-state index contributed by atoms with van der Waals surface area (Å²) in [7, 11) is 0. The summed E-state index contributed by atoms with van der Waals surface area (Å²) in [6, 6.07) is 0. The molecule has 0 aromatic heterocycles. The Labute approximate surface area is 281 Å². The topological polar surface area (TPSA) is 63.6 Å². The highest BCUT2D eigenvalue weighted by Crippen LogP contribution is 2.19. The van der Waals surface area contributed by atoms with E-state index in [4.69, 9.17) is 9.84 Å². The summed E-state index contributed by atoms with van der Waals surface area (Å²) in [5.74, 6) is -0.646. The molecule has 0 spiro atoms. The maximum atomic E-state index is 12.7. The number of ether oxygens (including phenoxy) is 1. The number of esters is 1. The normalized spacial score (nSPS) is 12.2. The van der Waals surface area contributed by atoms with E-state index in [2.05, 4.69) is 26.0 Å². The Morgan fingerprint density at radius 3 is 1.22 bits per heavy atom. The van der Waals surface area contributed by atoms with Crippen LogP contribution in [-0.4, -0.2) is 23.1 Å². The second kappa shape index (κ2) is 37.1. The lowest BCUT2D eigenvalue weighted by Crippen LogP contribution is -2.18. The maximum absolute atomic E-state index is 12.7. The van der Waals surface area contributed by atoms with Gasteiger partial charge in [0.25, 0.3) is 0 Å². The molecule has 1 atom stereocenters. The number of hydrogen-bond donors (Lipinski definition) is 1. The van der Waals surface area contributed by atoms with Crippen molar-refractivity contribution in [2.45, 2.75) is 238 Å². The van der Waals surface area contributed by atoms with Gasteiger partial charge in [-0.15, -0.1) is 0 Å². The zero-order valence-corrected chi connectivity index (χ0v) is 30.4. The molecule has 0 aliphatic heterocycles. The third kappa shape index (κ3) is 37.0. The first kappa shape index (κ1) is 43.7. The van der Waals surface area contributed by atoms with Gasteiger partial charge < -0.3 is 9.84 Å². The minimum absolute atomic E-state index is 0.0305. The fourth-order valence-corrected chi connectivity index (χ4v) is 6.24. The van der Waals surface area contributed by atoms with E-state index in [0.29, 0.717) is 12.8 Å². The van der Waals surface area contributed by atoms with Crippen molar-refractivity contribution >= 4 is 11.9 Å². The molecule has 0 aliphatic carbocycles. The van der Waals surface area contributed by atoms with E-state index in [-0.39, 0.29) is 12.1 Å². The van der Waals surface area contributed by atoms with E-state index in [9.17, 15) is 9.59 Å². The van der Waals surface area contributed by atoms with Crippen LogP contribution < -0.4 is 0 Å². The standard InChI is InChI=1S/C41H78O4/c1-3-5-7-9-11-13-14-15-16-17-22-26-30-34-38-41(44)45-39(35-31-27-23-19-12-10-8-6-4-2)36-32-28-24-20-18-21-25-29-33-37-40(42)43/h13-14,39H,3-12,15-38H2,1-2H3,(H,42,43)/b14-13-. The second-order valence-corrected chi connectivity index (χ2v) is 13.8. The summed E-state index contributed by atoms with van der Waals surface area (Å²) < 4.78 is 6.05. The monoisotopic (exact) mass is 635 g/mol. The fourth-order valence-electron chi connectivity index (χ4n) is 6.24. The highest BCUT2D eigenvalue weighted by Gasteiger charge is 2.14. The molecule has 4 heteroatoms. The van der Waals surface area contributed by atoms with E-state index < -0.39 is 5.97 Å². The highest BCUT2D eigenvalue weighted by molar-refractivity contribution is 5.69. The van der Waals surface area contributed by atoms with E-state index in [1.807, 2.05) is 0 Å². The Balaban J connectivity index is 4.05. The van der Waals surface area contributed by atoms with Gasteiger partial charge in [-0.1, -0.05) is 167 Å². The van der Waals surface area contributed by atoms with Gasteiger partial charge in [0, 0.05) is 12.8 Å². The summed E-state index contributed by atoms with van der Waals surface area (Å²) in [5.41, 5.74) is 0. The molecule has 0 radical (unpaired) electrons. The smallest absolute Gasteiger partial charge is 0.306 e. The first-order valence-corrected chi connectivity index (χ1v) is 20.2. The van der Waals surface area contributed by atoms with E-state index in [1.54, 1.807) is 0 Å². The molecule has 1 unspecified atom stereocenters. The lowest BCUT2D eigenvalue weighted by atomic mass is 10.0. The quantitative estimate of drug-likeness (QED) is 0.0419. The average molecular weight is 635 g/mol. The van der Waals surface area contributed by atoms with Crippen molar-refractivity contribution in [3.8, 4) is 0 Å². The largest absolute Gasteiger partial charge is 0.481 e. The number of carboxylic acid groups (broad SMARTS) is 1. The third-order valence-electron chi connectivity index (χ3n) is 9.24. The van der Waals surface area contributed by atoms with Crippen molar-refractivity contribution in [3.63, 3.8) is 0 Å². The Hall–Kier alpha value is -1.32. The molecule has 0 saturated carbocycles. The molecule has 0 heterocycles. The van der Waals surface area contributed by atoms with Crippen LogP contribution >= 0.6 is 0 Å². The molecule has 4 nitrogen and oxygen atoms in total. The second-order valence-electron chi connectivity index (χ2n) is 13.8. The number of carbonyl (C=O) groups is 2. The Bertz CT molecular complexity index is 643. The Morgan fingerprint density at radius 2 is 0.800 bits per heavy atom. The summed E-state index contributed by atoms with van der Waals surface area (Å²) in [5, 5.41) is 8.73. The predicted molar refractivity (Wildman–Crippen MR) is 195 cm³/mol. The van der Waals surface area contributed by atoms with Gasteiger partial charge in [-0.3, -0.25) is 9.59 Å². The first-order valence-electron chi connectivity index (χ1n) is 20.2. The van der Waals surface area contributed by atoms with Crippen LogP contribution in [0, 0.1) is 0 Å². The van der Waals surface area contributed by atoms with Crippen LogP contribution in [-0.2, 0) is 14.3 Å². The van der Waals surface area contributed by atoms with Gasteiger partial charge in [0.05, 0.1) is 0 Å². The van der Waals surface area contributed by atoms with Gasteiger partial charge >= 0.3 is 11.9 Å². The molecule has 0 amide bonds. The molecular formula is C41H78O4. The zero-order valence-electron chi connectivity index (χ0n) is 30.4. The van der Waals surface area contributed by atoms with Crippen molar-refractivity contribution in [2.75, 3.05) is 0 Å². The highest BCUT2D eigenvalue weighted by atomic mass is 16.5. The lowest BCUT2D eigenvalue weighted by molar-refractivity contribution is -0.150. The number of carbonyl (C=O) groups excluding carboxylic acids is 1. The van der Waals surface area contributed by atoms with Crippen molar-refractivity contribution in [1.29, 1.82) is 0 Å². The van der Waals surface area contributed by atoms with Gasteiger partial charge in [0.1, 0.15) is 6.10 Å². The average Bonchev–Trinajstić information content (AvgIpc) is 3.02. The molecule has 0 bridgehead atoms. The third-order valence-corrected chi connectivity index (χ3v) is 9.24. The fraction of sp³-hybridized carbons (Fsp3) is 0.902. The number of rotatable bonds is 37. The van der Waals surface area contributed by atoms with E-state index in [1.165, 1.54) is 154 Å². The van der Waals surface area contributed by atoms with E-state index >= 15 is 0 Å². The number of allylic oxidation sites excluding steroid dienone is 2. The molecular weight excluding hydrogens is 556 g/mol. The number of aliphatic carboxylic acids is 1. The van der Waals surface area contributed by atoms with Crippen LogP contribution in [0.5, 0.6) is 0 Å². The SMILES string of the molecule is CCCCCC/C=C\CCCCCCCCC(=O)OC(CCCCCCCCCCC)CCCCCCCCCCCC(=O)O. The number of hydrogen-bond acceptors (Lipinski definition) is 3. The molecule has 0 rings (SSSR count). The summed E-state index contributed by atoms with van der Waals surface area (Å²) >= 11 is 0. The van der Waals surface area contributed by atoms with Gasteiger partial charge in [0.2, 0.25) is 0 Å². The molecule has 0 aliphatic rings. The van der Waals surface area contributed by atoms with Crippen molar-refractivity contribution in [1.82, 2.24) is 0 Å². The number of carboxylic acids is 1. The molecule has 0 aromatic rings. The van der Waals surface area contributed by atoms with Crippen LogP contribution in [0.4, 0.5) is 0 Å². The lowest BCUT2D eigenvalue weighted by Gasteiger charge is -2.18. The summed E-state index contributed by atoms with van der Waals surface area (Å²) in [6.45, 7) is 4.54. The molecule has 0 saturated heterocycles. The minimum Gasteiger partial charge on any atom is -0.481 e. The van der Waals surface area contributed by atoms with Gasteiger partial charge in [-0.2, -0.15) is 0 Å². The van der Waals surface area contributed by atoms with Crippen LogP contribution in [0.25, 0.3) is 0 Å². The number of unbranched alkanes of at least 4 members (excludes halogenated alkanes) is 26.